The number of halogens is 1. The van der Waals surface area contributed by atoms with Crippen molar-refractivity contribution in [2.24, 2.45) is 0 Å². The predicted octanol–water partition coefficient (Wildman–Crippen LogP) is 3.60. The van der Waals surface area contributed by atoms with Crippen molar-refractivity contribution in [3.63, 3.8) is 0 Å². The summed E-state index contributed by atoms with van der Waals surface area (Å²) in [5.74, 6) is -0.571. The topological polar surface area (TPSA) is 114 Å². The largest absolute Gasteiger partial charge is 0.497 e. The minimum atomic E-state index is -4.39. The van der Waals surface area contributed by atoms with Crippen molar-refractivity contribution in [3.8, 4) is 17.2 Å². The summed E-state index contributed by atoms with van der Waals surface area (Å²) in [5.41, 5.74) is 0.736. The van der Waals surface area contributed by atoms with E-state index in [0.717, 1.165) is 16.4 Å². The van der Waals surface area contributed by atoms with Gasteiger partial charge in [0.25, 0.3) is 10.0 Å². The summed E-state index contributed by atoms with van der Waals surface area (Å²) in [6.07, 6.45) is 0.272. The number of hydrogen-bond donors (Lipinski definition) is 1. The van der Waals surface area contributed by atoms with Crippen LogP contribution in [0.4, 0.5) is 10.1 Å². The molecule has 3 aromatic carbocycles. The second-order valence-electron chi connectivity index (χ2n) is 8.92. The van der Waals surface area contributed by atoms with E-state index in [4.69, 9.17) is 14.2 Å². The van der Waals surface area contributed by atoms with E-state index in [9.17, 15) is 22.4 Å². The van der Waals surface area contributed by atoms with E-state index in [-0.39, 0.29) is 29.3 Å². The van der Waals surface area contributed by atoms with Crippen LogP contribution in [0.1, 0.15) is 18.9 Å². The van der Waals surface area contributed by atoms with E-state index in [1.54, 1.807) is 31.2 Å². The first kappa shape index (κ1) is 31.2. The minimum absolute atomic E-state index is 0.00955. The van der Waals surface area contributed by atoms with Crippen molar-refractivity contribution in [3.05, 3.63) is 78.1 Å². The third-order valence-corrected chi connectivity index (χ3v) is 8.23. The van der Waals surface area contributed by atoms with E-state index in [1.807, 2.05) is 0 Å². The molecule has 0 aliphatic heterocycles. The smallest absolute Gasteiger partial charge is 0.264 e. The van der Waals surface area contributed by atoms with Gasteiger partial charge < -0.3 is 24.4 Å². The molecule has 0 saturated carbocycles. The number of nitrogens with zero attached hydrogens (tertiary/aromatic N) is 2. The van der Waals surface area contributed by atoms with Crippen LogP contribution in [0.2, 0.25) is 0 Å². The van der Waals surface area contributed by atoms with Crippen LogP contribution in [0.15, 0.2) is 71.6 Å². The fourth-order valence-electron chi connectivity index (χ4n) is 4.29. The Morgan fingerprint density at radius 2 is 1.61 bits per heavy atom. The van der Waals surface area contributed by atoms with Crippen molar-refractivity contribution < 1.29 is 36.6 Å². The Kier molecular flexibility index (Phi) is 10.5. The molecule has 1 atom stereocenters. The van der Waals surface area contributed by atoms with Gasteiger partial charge in [0.05, 0.1) is 31.9 Å². The van der Waals surface area contributed by atoms with Crippen LogP contribution >= 0.6 is 0 Å². The number of carbonyl (C=O) groups is 2. The molecule has 12 heteroatoms. The highest BCUT2D eigenvalue weighted by Gasteiger charge is 2.34. The molecule has 0 spiro atoms. The third-order valence-electron chi connectivity index (χ3n) is 6.46. The van der Waals surface area contributed by atoms with Gasteiger partial charge in [-0.05, 0) is 60.5 Å². The van der Waals surface area contributed by atoms with Crippen LogP contribution in [0.5, 0.6) is 17.2 Å². The zero-order valence-electron chi connectivity index (χ0n) is 23.6. The molecule has 41 heavy (non-hydrogen) atoms. The summed E-state index contributed by atoms with van der Waals surface area (Å²) in [6, 6.07) is 14.9. The number of nitrogens with one attached hydrogen (secondary N) is 1. The van der Waals surface area contributed by atoms with Crippen molar-refractivity contribution >= 4 is 27.5 Å². The van der Waals surface area contributed by atoms with Gasteiger partial charge in [0, 0.05) is 19.7 Å². The molecule has 220 valence electrons. The molecule has 0 unspecified atom stereocenters. The van der Waals surface area contributed by atoms with Crippen LogP contribution in [-0.4, -0.2) is 66.1 Å². The monoisotopic (exact) mass is 587 g/mol. The van der Waals surface area contributed by atoms with E-state index < -0.39 is 40.2 Å². The Balaban J connectivity index is 2.09. The zero-order chi connectivity index (χ0) is 30.2. The van der Waals surface area contributed by atoms with Gasteiger partial charge in [0.1, 0.15) is 24.2 Å². The standard InChI is InChI=1S/C29H34FN3O7S/c1-6-25(29(35)31-2)32(18-20-8-7-9-23(16-20)38-3)28(34)19-33(22-12-10-21(30)11-13-22)41(36,37)24-14-15-26(39-4)27(17-24)40-5/h7-17,25H,6,18-19H2,1-5H3,(H,31,35)/t25-/m1/s1. The van der Waals surface area contributed by atoms with Crippen LogP contribution in [-0.2, 0) is 26.2 Å². The quantitative estimate of drug-likeness (QED) is 0.325. The molecular formula is C29H34FN3O7S. The van der Waals surface area contributed by atoms with Crippen LogP contribution in [0, 0.1) is 5.82 Å². The molecule has 0 saturated heterocycles. The number of rotatable bonds is 13. The second kappa shape index (κ2) is 13.8. The van der Waals surface area contributed by atoms with Crippen LogP contribution in [0.3, 0.4) is 0 Å². The van der Waals surface area contributed by atoms with Gasteiger partial charge in [0.15, 0.2) is 11.5 Å². The molecule has 0 bridgehead atoms. The lowest BCUT2D eigenvalue weighted by molar-refractivity contribution is -0.140. The van der Waals surface area contributed by atoms with Crippen molar-refractivity contribution in [1.29, 1.82) is 0 Å². The zero-order valence-corrected chi connectivity index (χ0v) is 24.4. The number of benzene rings is 3. The second-order valence-corrected chi connectivity index (χ2v) is 10.8. The Labute approximate surface area is 239 Å². The number of likely N-dealkylation sites (N-methyl/N-ethyl adjacent to an activating group) is 1. The van der Waals surface area contributed by atoms with Crippen LogP contribution < -0.4 is 23.8 Å². The van der Waals surface area contributed by atoms with E-state index in [0.29, 0.717) is 17.1 Å². The summed E-state index contributed by atoms with van der Waals surface area (Å²) in [4.78, 5) is 27.9. The molecule has 1 N–H and O–H groups in total. The Bertz CT molecular complexity index is 1470. The average Bonchev–Trinajstić information content (AvgIpc) is 2.99. The first-order valence-electron chi connectivity index (χ1n) is 12.7. The summed E-state index contributed by atoms with van der Waals surface area (Å²) < 4.78 is 58.4. The SMILES string of the molecule is CC[C@H](C(=O)NC)N(Cc1cccc(OC)c1)C(=O)CN(c1ccc(F)cc1)S(=O)(=O)c1ccc(OC)c(OC)c1. The number of sulfonamides is 1. The lowest BCUT2D eigenvalue weighted by Gasteiger charge is -2.33. The molecule has 0 heterocycles. The fraction of sp³-hybridized carbons (Fsp3) is 0.310. The predicted molar refractivity (Wildman–Crippen MR) is 152 cm³/mol. The number of carbonyl (C=O) groups excluding carboxylic acids is 2. The van der Waals surface area contributed by atoms with Gasteiger partial charge in [-0.2, -0.15) is 0 Å². The Morgan fingerprint density at radius 3 is 2.20 bits per heavy atom. The number of hydrogen-bond acceptors (Lipinski definition) is 7. The highest BCUT2D eigenvalue weighted by atomic mass is 32.2. The normalized spacial score (nSPS) is 11.8. The molecule has 0 fully saturated rings. The van der Waals surface area contributed by atoms with Gasteiger partial charge in [-0.25, -0.2) is 12.8 Å². The maximum atomic E-state index is 14.0. The summed E-state index contributed by atoms with van der Waals surface area (Å²) in [6.45, 7) is 1.10. The van der Waals surface area contributed by atoms with Gasteiger partial charge in [0.2, 0.25) is 11.8 Å². The molecule has 0 radical (unpaired) electrons. The Hall–Kier alpha value is -4.32. The average molecular weight is 588 g/mol. The van der Waals surface area contributed by atoms with Gasteiger partial charge in [-0.3, -0.25) is 13.9 Å². The maximum absolute atomic E-state index is 14.0. The molecule has 10 nitrogen and oxygen atoms in total. The van der Waals surface area contributed by atoms with Crippen molar-refractivity contribution in [2.45, 2.75) is 30.8 Å². The number of amides is 2. The Morgan fingerprint density at radius 1 is 0.927 bits per heavy atom. The minimum Gasteiger partial charge on any atom is -0.497 e. The van der Waals surface area contributed by atoms with Crippen molar-refractivity contribution in [1.82, 2.24) is 10.2 Å². The molecule has 3 aromatic rings. The lowest BCUT2D eigenvalue weighted by Crippen LogP contribution is -2.51. The van der Waals surface area contributed by atoms with E-state index >= 15 is 0 Å². The third kappa shape index (κ3) is 7.26. The number of anilines is 1. The number of methoxy groups -OCH3 is 3. The highest BCUT2D eigenvalue weighted by molar-refractivity contribution is 7.92. The maximum Gasteiger partial charge on any atom is 0.264 e. The molecule has 3 rings (SSSR count). The fourth-order valence-corrected chi connectivity index (χ4v) is 5.72. The molecule has 0 aromatic heterocycles. The first-order valence-corrected chi connectivity index (χ1v) is 14.2. The molecule has 0 aliphatic rings. The van der Waals surface area contributed by atoms with E-state index in [2.05, 4.69) is 5.32 Å². The summed E-state index contributed by atoms with van der Waals surface area (Å²) in [5, 5.41) is 2.57. The van der Waals surface area contributed by atoms with Gasteiger partial charge >= 0.3 is 0 Å². The molecule has 0 aliphatic carbocycles. The summed E-state index contributed by atoms with van der Waals surface area (Å²) in [7, 11) is 1.38. The molecular weight excluding hydrogens is 553 g/mol. The highest BCUT2D eigenvalue weighted by Crippen LogP contribution is 2.32. The van der Waals surface area contributed by atoms with Gasteiger partial charge in [-0.15, -0.1) is 0 Å². The summed E-state index contributed by atoms with van der Waals surface area (Å²) >= 11 is 0. The molecule has 2 amide bonds. The van der Waals surface area contributed by atoms with Crippen LogP contribution in [0.25, 0.3) is 0 Å². The number of ether oxygens (including phenoxy) is 3. The van der Waals surface area contributed by atoms with Crippen molar-refractivity contribution in [2.75, 3.05) is 39.2 Å². The first-order chi connectivity index (χ1) is 19.6. The lowest BCUT2D eigenvalue weighted by atomic mass is 10.1. The van der Waals surface area contributed by atoms with Gasteiger partial charge in [-0.1, -0.05) is 19.1 Å². The van der Waals surface area contributed by atoms with E-state index in [1.165, 1.54) is 63.6 Å².